The molecule has 1 saturated heterocycles. The van der Waals surface area contributed by atoms with Crippen LogP contribution in [0.15, 0.2) is 48.5 Å². The summed E-state index contributed by atoms with van der Waals surface area (Å²) in [5, 5.41) is 10.9. The number of halogens is 1. The molecule has 1 fully saturated rings. The molecule has 1 heterocycles. The van der Waals surface area contributed by atoms with Gasteiger partial charge in [0.1, 0.15) is 5.82 Å². The molecule has 1 aliphatic heterocycles. The zero-order valence-corrected chi connectivity index (χ0v) is 14.3. The van der Waals surface area contributed by atoms with Gasteiger partial charge in [0.15, 0.2) is 0 Å². The molecular formula is C21H26FNO. The van der Waals surface area contributed by atoms with Crippen molar-refractivity contribution in [2.45, 2.75) is 38.2 Å². The van der Waals surface area contributed by atoms with E-state index in [4.69, 9.17) is 0 Å². The van der Waals surface area contributed by atoms with Gasteiger partial charge in [-0.25, -0.2) is 4.39 Å². The lowest BCUT2D eigenvalue weighted by Crippen LogP contribution is -2.46. The number of aryl methyl sites for hydroxylation is 1. The molecule has 3 rings (SSSR count). The summed E-state index contributed by atoms with van der Waals surface area (Å²) >= 11 is 0. The van der Waals surface area contributed by atoms with E-state index in [2.05, 4.69) is 36.1 Å². The van der Waals surface area contributed by atoms with Gasteiger partial charge in [0, 0.05) is 26.1 Å². The largest absolute Gasteiger partial charge is 0.389 e. The number of likely N-dealkylation sites (tertiary alicyclic amines) is 1. The van der Waals surface area contributed by atoms with Gasteiger partial charge in [-0.3, -0.25) is 0 Å². The Hall–Kier alpha value is -1.71. The highest BCUT2D eigenvalue weighted by Gasteiger charge is 2.32. The van der Waals surface area contributed by atoms with Gasteiger partial charge >= 0.3 is 0 Å². The van der Waals surface area contributed by atoms with Gasteiger partial charge in [-0.2, -0.15) is 0 Å². The van der Waals surface area contributed by atoms with E-state index in [0.29, 0.717) is 0 Å². The van der Waals surface area contributed by atoms with Gasteiger partial charge in [-0.1, -0.05) is 42.0 Å². The second-order valence-electron chi connectivity index (χ2n) is 7.10. The predicted molar refractivity (Wildman–Crippen MR) is 95.6 cm³/mol. The van der Waals surface area contributed by atoms with E-state index in [0.717, 1.165) is 50.9 Å². The summed E-state index contributed by atoms with van der Waals surface area (Å²) < 4.78 is 12.9. The van der Waals surface area contributed by atoms with E-state index >= 15 is 0 Å². The highest BCUT2D eigenvalue weighted by atomic mass is 19.1. The minimum Gasteiger partial charge on any atom is -0.389 e. The Morgan fingerprint density at radius 2 is 1.54 bits per heavy atom. The van der Waals surface area contributed by atoms with Crippen LogP contribution >= 0.6 is 0 Å². The molecule has 1 aliphatic rings. The number of hydrogen-bond donors (Lipinski definition) is 1. The SMILES string of the molecule is Cc1ccc(CC2(O)CCN(CCc3ccc(F)cc3)CC2)cc1. The summed E-state index contributed by atoms with van der Waals surface area (Å²) in [6, 6.07) is 15.2. The lowest BCUT2D eigenvalue weighted by atomic mass is 9.85. The normalized spacial score (nSPS) is 17.8. The van der Waals surface area contributed by atoms with Crippen LogP contribution in [-0.4, -0.2) is 35.2 Å². The third kappa shape index (κ3) is 4.65. The van der Waals surface area contributed by atoms with Gasteiger partial charge < -0.3 is 10.0 Å². The molecule has 0 aliphatic carbocycles. The fourth-order valence-corrected chi connectivity index (χ4v) is 3.39. The van der Waals surface area contributed by atoms with Crippen LogP contribution in [0, 0.1) is 12.7 Å². The van der Waals surface area contributed by atoms with Gasteiger partial charge in [-0.15, -0.1) is 0 Å². The topological polar surface area (TPSA) is 23.5 Å². The summed E-state index contributed by atoms with van der Waals surface area (Å²) in [6.45, 7) is 4.89. The molecule has 2 aromatic carbocycles. The first-order valence-electron chi connectivity index (χ1n) is 8.77. The highest BCUT2D eigenvalue weighted by Crippen LogP contribution is 2.26. The van der Waals surface area contributed by atoms with Crippen molar-refractivity contribution in [3.8, 4) is 0 Å². The van der Waals surface area contributed by atoms with Crippen LogP contribution in [-0.2, 0) is 12.8 Å². The second-order valence-corrected chi connectivity index (χ2v) is 7.10. The highest BCUT2D eigenvalue weighted by molar-refractivity contribution is 5.23. The van der Waals surface area contributed by atoms with Gasteiger partial charge in [0.25, 0.3) is 0 Å². The third-order valence-electron chi connectivity index (χ3n) is 5.07. The summed E-state index contributed by atoms with van der Waals surface area (Å²) in [5.74, 6) is -0.183. The van der Waals surface area contributed by atoms with Crippen molar-refractivity contribution in [1.82, 2.24) is 4.90 Å². The molecule has 2 nitrogen and oxygen atoms in total. The molecule has 0 saturated carbocycles. The maximum Gasteiger partial charge on any atom is 0.123 e. The summed E-state index contributed by atoms with van der Waals surface area (Å²) in [4.78, 5) is 2.40. The zero-order chi connectivity index (χ0) is 17.0. The Morgan fingerprint density at radius 1 is 0.958 bits per heavy atom. The quantitative estimate of drug-likeness (QED) is 0.904. The number of aliphatic hydroxyl groups is 1. The first-order valence-corrected chi connectivity index (χ1v) is 8.77. The smallest absolute Gasteiger partial charge is 0.123 e. The van der Waals surface area contributed by atoms with Gasteiger partial charge in [0.05, 0.1) is 5.60 Å². The maximum absolute atomic E-state index is 12.9. The molecule has 0 spiro atoms. The number of benzene rings is 2. The molecule has 0 unspecified atom stereocenters. The average Bonchev–Trinajstić information content (AvgIpc) is 2.58. The van der Waals surface area contributed by atoms with Crippen molar-refractivity contribution in [2.75, 3.05) is 19.6 Å². The van der Waals surface area contributed by atoms with Crippen molar-refractivity contribution in [2.24, 2.45) is 0 Å². The second kappa shape index (κ2) is 7.45. The van der Waals surface area contributed by atoms with Crippen molar-refractivity contribution < 1.29 is 9.50 Å². The fourth-order valence-electron chi connectivity index (χ4n) is 3.39. The molecule has 24 heavy (non-hydrogen) atoms. The van der Waals surface area contributed by atoms with Crippen LogP contribution in [0.3, 0.4) is 0 Å². The Morgan fingerprint density at radius 3 is 2.17 bits per heavy atom. The molecule has 2 aromatic rings. The molecule has 0 bridgehead atoms. The Labute approximate surface area is 143 Å². The van der Waals surface area contributed by atoms with Crippen LogP contribution in [0.1, 0.15) is 29.5 Å². The first kappa shape index (κ1) is 17.1. The van der Waals surface area contributed by atoms with Crippen molar-refractivity contribution >= 4 is 0 Å². The Bertz CT molecular complexity index is 643. The number of nitrogens with zero attached hydrogens (tertiary/aromatic N) is 1. The number of piperidine rings is 1. The fraction of sp³-hybridized carbons (Fsp3) is 0.429. The van der Waals surface area contributed by atoms with Crippen molar-refractivity contribution in [3.63, 3.8) is 0 Å². The molecule has 0 atom stereocenters. The molecule has 128 valence electrons. The molecule has 1 N–H and O–H groups in total. The van der Waals surface area contributed by atoms with Crippen LogP contribution in [0.25, 0.3) is 0 Å². The minimum atomic E-state index is -0.582. The van der Waals surface area contributed by atoms with Gasteiger partial charge in [0.2, 0.25) is 0 Å². The van der Waals surface area contributed by atoms with Crippen LogP contribution in [0.5, 0.6) is 0 Å². The molecule has 3 heteroatoms. The monoisotopic (exact) mass is 327 g/mol. The van der Waals surface area contributed by atoms with E-state index in [1.54, 1.807) is 0 Å². The maximum atomic E-state index is 12.9. The van der Waals surface area contributed by atoms with E-state index in [-0.39, 0.29) is 5.82 Å². The molecular weight excluding hydrogens is 301 g/mol. The number of hydrogen-bond acceptors (Lipinski definition) is 2. The van der Waals surface area contributed by atoms with E-state index in [1.165, 1.54) is 23.3 Å². The lowest BCUT2D eigenvalue weighted by molar-refractivity contribution is -0.0203. The average molecular weight is 327 g/mol. The first-order chi connectivity index (χ1) is 11.5. The number of rotatable bonds is 5. The van der Waals surface area contributed by atoms with E-state index in [9.17, 15) is 9.50 Å². The van der Waals surface area contributed by atoms with Crippen LogP contribution in [0.2, 0.25) is 0 Å². The lowest BCUT2D eigenvalue weighted by Gasteiger charge is -2.38. The molecule has 0 aromatic heterocycles. The minimum absolute atomic E-state index is 0.183. The van der Waals surface area contributed by atoms with E-state index in [1.807, 2.05) is 12.1 Å². The van der Waals surface area contributed by atoms with Gasteiger partial charge in [-0.05, 0) is 49.4 Å². The van der Waals surface area contributed by atoms with Crippen molar-refractivity contribution in [1.29, 1.82) is 0 Å². The third-order valence-corrected chi connectivity index (χ3v) is 5.07. The predicted octanol–water partition coefficient (Wildman–Crippen LogP) is 3.75. The zero-order valence-electron chi connectivity index (χ0n) is 14.3. The Kier molecular flexibility index (Phi) is 5.32. The van der Waals surface area contributed by atoms with Crippen LogP contribution < -0.4 is 0 Å². The molecule has 0 radical (unpaired) electrons. The Balaban J connectivity index is 1.47. The van der Waals surface area contributed by atoms with Crippen LogP contribution in [0.4, 0.5) is 4.39 Å². The van der Waals surface area contributed by atoms with Crippen molar-refractivity contribution in [3.05, 3.63) is 71.0 Å². The summed E-state index contributed by atoms with van der Waals surface area (Å²) in [6.07, 6.45) is 3.28. The molecule has 0 amide bonds. The van der Waals surface area contributed by atoms with E-state index < -0.39 is 5.60 Å². The summed E-state index contributed by atoms with van der Waals surface area (Å²) in [7, 11) is 0. The summed E-state index contributed by atoms with van der Waals surface area (Å²) in [5.41, 5.74) is 3.04. The standard InChI is InChI=1S/C21H26FNO/c1-17-2-4-19(5-3-17)16-21(24)11-14-23(15-12-21)13-10-18-6-8-20(22)9-7-18/h2-9,24H,10-16H2,1H3.